The van der Waals surface area contributed by atoms with E-state index in [1.807, 2.05) is 15.9 Å². The standard InChI is InChI=1S/C29H41N3O2/c1-29(2,3)19-27(33)32(24-13-8-5-9-14-24)22-28(34)31(25-16-17-25)21-26-15-10-18-30(26)20-23-11-6-4-7-12-23/h4,6-7,10-12,15,18,24-25H,5,8-9,13-14,16-17,19-22H2,1-3H3. The predicted molar refractivity (Wildman–Crippen MR) is 136 cm³/mol. The number of nitrogens with zero attached hydrogens (tertiary/aromatic N) is 3. The van der Waals surface area contributed by atoms with Crippen molar-refractivity contribution in [1.29, 1.82) is 0 Å². The number of carbonyl (C=O) groups is 2. The fraction of sp³-hybridized carbons (Fsp3) is 0.586. The number of amides is 2. The zero-order valence-electron chi connectivity index (χ0n) is 21.2. The molecule has 2 aromatic rings. The second-order valence-corrected chi connectivity index (χ2v) is 11.4. The lowest BCUT2D eigenvalue weighted by Gasteiger charge is -2.37. The topological polar surface area (TPSA) is 45.6 Å². The second-order valence-electron chi connectivity index (χ2n) is 11.4. The number of benzene rings is 1. The summed E-state index contributed by atoms with van der Waals surface area (Å²) < 4.78 is 2.24. The molecule has 0 atom stereocenters. The first-order valence-corrected chi connectivity index (χ1v) is 13.1. The maximum Gasteiger partial charge on any atom is 0.242 e. The van der Waals surface area contributed by atoms with Crippen molar-refractivity contribution in [3.63, 3.8) is 0 Å². The van der Waals surface area contributed by atoms with Crippen LogP contribution in [0.4, 0.5) is 0 Å². The number of hydrogen-bond donors (Lipinski definition) is 0. The molecule has 0 bridgehead atoms. The highest BCUT2D eigenvalue weighted by molar-refractivity contribution is 5.85. The van der Waals surface area contributed by atoms with Crippen LogP contribution in [0.15, 0.2) is 48.7 Å². The molecular formula is C29H41N3O2. The van der Waals surface area contributed by atoms with Gasteiger partial charge in [-0.3, -0.25) is 9.59 Å². The summed E-state index contributed by atoms with van der Waals surface area (Å²) in [5.74, 6) is 0.235. The summed E-state index contributed by atoms with van der Waals surface area (Å²) in [7, 11) is 0. The highest BCUT2D eigenvalue weighted by Crippen LogP contribution is 2.31. The first kappa shape index (κ1) is 24.6. The maximum absolute atomic E-state index is 13.7. The lowest BCUT2D eigenvalue weighted by Crippen LogP contribution is -2.49. The zero-order valence-corrected chi connectivity index (χ0v) is 21.2. The van der Waals surface area contributed by atoms with Crippen molar-refractivity contribution in [2.24, 2.45) is 5.41 Å². The fourth-order valence-electron chi connectivity index (χ4n) is 5.11. The van der Waals surface area contributed by atoms with Gasteiger partial charge in [0.05, 0.1) is 6.54 Å². The van der Waals surface area contributed by atoms with Crippen LogP contribution >= 0.6 is 0 Å². The van der Waals surface area contributed by atoms with E-state index >= 15 is 0 Å². The Labute approximate surface area is 205 Å². The van der Waals surface area contributed by atoms with Crippen molar-refractivity contribution < 1.29 is 9.59 Å². The van der Waals surface area contributed by atoms with Crippen LogP contribution in [0, 0.1) is 5.41 Å². The van der Waals surface area contributed by atoms with Gasteiger partial charge in [0.2, 0.25) is 11.8 Å². The number of carbonyl (C=O) groups excluding carboxylic acids is 2. The van der Waals surface area contributed by atoms with Crippen molar-refractivity contribution in [3.05, 3.63) is 59.9 Å². The van der Waals surface area contributed by atoms with Gasteiger partial charge < -0.3 is 14.4 Å². The van der Waals surface area contributed by atoms with Gasteiger partial charge in [-0.2, -0.15) is 0 Å². The minimum Gasteiger partial charge on any atom is -0.345 e. The number of aromatic nitrogens is 1. The SMILES string of the molecule is CC(C)(C)CC(=O)N(CC(=O)N(Cc1cccn1Cc1ccccc1)C1CC1)C1CCCCC1. The van der Waals surface area contributed by atoms with Crippen LogP contribution in [0.25, 0.3) is 0 Å². The van der Waals surface area contributed by atoms with Gasteiger partial charge in [0.1, 0.15) is 6.54 Å². The number of rotatable bonds is 9. The van der Waals surface area contributed by atoms with Crippen LogP contribution < -0.4 is 0 Å². The lowest BCUT2D eigenvalue weighted by molar-refractivity contribution is -0.145. The first-order chi connectivity index (χ1) is 16.3. The summed E-state index contributed by atoms with van der Waals surface area (Å²) in [6, 6.07) is 15.1. The van der Waals surface area contributed by atoms with E-state index in [2.05, 4.69) is 67.9 Å². The Kier molecular flexibility index (Phi) is 7.80. The molecule has 5 nitrogen and oxygen atoms in total. The van der Waals surface area contributed by atoms with E-state index in [4.69, 9.17) is 0 Å². The van der Waals surface area contributed by atoms with E-state index in [-0.39, 0.29) is 29.8 Å². The molecule has 0 unspecified atom stereocenters. The fourth-order valence-corrected chi connectivity index (χ4v) is 5.11. The zero-order chi connectivity index (χ0) is 24.1. The molecule has 0 spiro atoms. The Morgan fingerprint density at radius 2 is 1.53 bits per heavy atom. The second kappa shape index (κ2) is 10.8. The Morgan fingerprint density at radius 1 is 0.853 bits per heavy atom. The molecule has 1 heterocycles. The molecule has 4 rings (SSSR count). The van der Waals surface area contributed by atoms with Crippen LogP contribution in [-0.2, 0) is 22.7 Å². The van der Waals surface area contributed by atoms with Gasteiger partial charge in [0.15, 0.2) is 0 Å². The van der Waals surface area contributed by atoms with Crippen molar-refractivity contribution in [2.75, 3.05) is 6.54 Å². The van der Waals surface area contributed by atoms with Crippen LogP contribution in [0.2, 0.25) is 0 Å². The molecule has 0 N–H and O–H groups in total. The molecule has 0 saturated heterocycles. The van der Waals surface area contributed by atoms with Crippen LogP contribution in [0.3, 0.4) is 0 Å². The molecule has 2 aliphatic carbocycles. The van der Waals surface area contributed by atoms with Crippen molar-refractivity contribution in [2.45, 2.75) is 97.3 Å². The molecule has 0 radical (unpaired) electrons. The maximum atomic E-state index is 13.7. The molecule has 34 heavy (non-hydrogen) atoms. The predicted octanol–water partition coefficient (Wildman–Crippen LogP) is 5.62. The summed E-state index contributed by atoms with van der Waals surface area (Å²) in [6.07, 6.45) is 10.3. The van der Waals surface area contributed by atoms with Crippen LogP contribution in [0.1, 0.15) is 83.4 Å². The monoisotopic (exact) mass is 463 g/mol. The van der Waals surface area contributed by atoms with Crippen LogP contribution in [-0.4, -0.2) is 44.8 Å². The summed E-state index contributed by atoms with van der Waals surface area (Å²) in [4.78, 5) is 31.0. The normalized spacial score (nSPS) is 16.9. The van der Waals surface area contributed by atoms with Crippen molar-refractivity contribution in [3.8, 4) is 0 Å². The lowest BCUT2D eigenvalue weighted by atomic mass is 9.89. The van der Waals surface area contributed by atoms with Crippen molar-refractivity contribution in [1.82, 2.24) is 14.4 Å². The van der Waals surface area contributed by atoms with E-state index in [0.29, 0.717) is 19.0 Å². The van der Waals surface area contributed by atoms with Crippen molar-refractivity contribution >= 4 is 11.8 Å². The summed E-state index contributed by atoms with van der Waals surface area (Å²) in [6.45, 7) is 7.93. The molecule has 0 aliphatic heterocycles. The van der Waals surface area contributed by atoms with Gasteiger partial charge >= 0.3 is 0 Å². The molecule has 2 amide bonds. The Balaban J connectivity index is 1.47. The van der Waals surface area contributed by atoms with Gasteiger partial charge in [-0.15, -0.1) is 0 Å². The van der Waals surface area contributed by atoms with Gasteiger partial charge in [-0.05, 0) is 48.8 Å². The molecular weight excluding hydrogens is 422 g/mol. The van der Waals surface area contributed by atoms with E-state index in [1.54, 1.807) is 0 Å². The van der Waals surface area contributed by atoms with E-state index in [0.717, 1.165) is 50.8 Å². The third-order valence-electron chi connectivity index (χ3n) is 7.08. The van der Waals surface area contributed by atoms with E-state index in [9.17, 15) is 9.59 Å². The molecule has 2 aliphatic rings. The molecule has 1 aromatic carbocycles. The van der Waals surface area contributed by atoms with E-state index in [1.165, 1.54) is 12.0 Å². The molecule has 2 saturated carbocycles. The van der Waals surface area contributed by atoms with E-state index < -0.39 is 0 Å². The Hall–Kier alpha value is -2.56. The number of hydrogen-bond acceptors (Lipinski definition) is 2. The van der Waals surface area contributed by atoms with Gasteiger partial charge in [-0.25, -0.2) is 0 Å². The molecule has 2 fully saturated rings. The third kappa shape index (κ3) is 6.74. The summed E-state index contributed by atoms with van der Waals surface area (Å²) >= 11 is 0. The quantitative estimate of drug-likeness (QED) is 0.484. The minimum atomic E-state index is -0.0818. The molecule has 5 heteroatoms. The average molecular weight is 464 g/mol. The molecule has 1 aromatic heterocycles. The summed E-state index contributed by atoms with van der Waals surface area (Å²) in [5.41, 5.74) is 2.32. The average Bonchev–Trinajstić information content (AvgIpc) is 3.56. The highest BCUT2D eigenvalue weighted by Gasteiger charge is 2.36. The largest absolute Gasteiger partial charge is 0.345 e. The third-order valence-corrected chi connectivity index (χ3v) is 7.08. The molecule has 184 valence electrons. The van der Waals surface area contributed by atoms with Crippen LogP contribution in [0.5, 0.6) is 0 Å². The van der Waals surface area contributed by atoms with Gasteiger partial charge in [0.25, 0.3) is 0 Å². The first-order valence-electron chi connectivity index (χ1n) is 13.1. The van der Waals surface area contributed by atoms with Gasteiger partial charge in [0, 0.05) is 36.9 Å². The highest BCUT2D eigenvalue weighted by atomic mass is 16.2. The Bertz CT molecular complexity index is 949. The smallest absolute Gasteiger partial charge is 0.242 e. The Morgan fingerprint density at radius 3 is 2.18 bits per heavy atom. The van der Waals surface area contributed by atoms with Gasteiger partial charge in [-0.1, -0.05) is 70.4 Å². The summed E-state index contributed by atoms with van der Waals surface area (Å²) in [5, 5.41) is 0. The minimum absolute atomic E-state index is 0.0818.